The highest BCUT2D eigenvalue weighted by Gasteiger charge is 2.19. The van der Waals surface area contributed by atoms with Crippen LogP contribution in [0.2, 0.25) is 0 Å². The number of fused-ring (bicyclic) bond motifs is 2. The molecule has 1 aromatic heterocycles. The maximum Gasteiger partial charge on any atom is 0.251 e. The van der Waals surface area contributed by atoms with Crippen LogP contribution >= 0.6 is 0 Å². The van der Waals surface area contributed by atoms with Crippen LogP contribution in [0.1, 0.15) is 34.5 Å². The molecule has 0 saturated heterocycles. The predicted molar refractivity (Wildman–Crippen MR) is 116 cm³/mol. The van der Waals surface area contributed by atoms with Crippen molar-refractivity contribution in [2.75, 3.05) is 5.32 Å². The summed E-state index contributed by atoms with van der Waals surface area (Å²) < 4.78 is 2.00. The lowest BCUT2D eigenvalue weighted by Crippen LogP contribution is -2.26. The van der Waals surface area contributed by atoms with E-state index in [1.807, 2.05) is 78.2 Å². The van der Waals surface area contributed by atoms with Crippen LogP contribution in [-0.2, 0) is 11.2 Å². The number of carbonyl (C=O) groups excluding carboxylic acids is 2. The van der Waals surface area contributed by atoms with E-state index in [0.29, 0.717) is 12.0 Å². The minimum Gasteiger partial charge on any atom is -0.346 e. The number of nitrogens with zero attached hydrogens (tertiary/aromatic N) is 2. The topological polar surface area (TPSA) is 76.0 Å². The predicted octanol–water partition coefficient (Wildman–Crippen LogP) is 4.01. The summed E-state index contributed by atoms with van der Waals surface area (Å²) in [4.78, 5) is 28.7. The van der Waals surface area contributed by atoms with Gasteiger partial charge < -0.3 is 10.6 Å². The first-order valence-corrected chi connectivity index (χ1v) is 9.84. The van der Waals surface area contributed by atoms with Crippen molar-refractivity contribution in [3.05, 3.63) is 89.7 Å². The zero-order valence-electron chi connectivity index (χ0n) is 16.4. The molecule has 0 spiro atoms. The van der Waals surface area contributed by atoms with Gasteiger partial charge in [-0.25, -0.2) is 4.98 Å². The standard InChI is InChI=1S/C24H20N4O2/c1-15(17-8-11-20-18(12-17)13-23(29)27-20)26-24(30)16-6-9-19(10-7-16)28-14-25-21-4-2-3-5-22(21)28/h2-12,14-15H,13H2,1H3,(H,26,30)(H,27,29). The Morgan fingerprint density at radius 2 is 1.90 bits per heavy atom. The quantitative estimate of drug-likeness (QED) is 0.547. The summed E-state index contributed by atoms with van der Waals surface area (Å²) in [5.41, 5.74) is 6.28. The summed E-state index contributed by atoms with van der Waals surface area (Å²) >= 11 is 0. The van der Waals surface area contributed by atoms with Crippen LogP contribution in [0.15, 0.2) is 73.1 Å². The van der Waals surface area contributed by atoms with Crippen molar-refractivity contribution in [1.29, 1.82) is 0 Å². The molecule has 148 valence electrons. The van der Waals surface area contributed by atoms with Gasteiger partial charge in [-0.15, -0.1) is 0 Å². The Balaban J connectivity index is 1.32. The van der Waals surface area contributed by atoms with Gasteiger partial charge in [0, 0.05) is 16.9 Å². The van der Waals surface area contributed by atoms with Gasteiger partial charge in [0.05, 0.1) is 23.5 Å². The van der Waals surface area contributed by atoms with Gasteiger partial charge in [-0.3, -0.25) is 14.2 Å². The van der Waals surface area contributed by atoms with Gasteiger partial charge in [0.15, 0.2) is 0 Å². The molecule has 4 aromatic rings. The van der Waals surface area contributed by atoms with Crippen molar-refractivity contribution in [2.24, 2.45) is 0 Å². The van der Waals surface area contributed by atoms with Crippen LogP contribution in [0.3, 0.4) is 0 Å². The number of amides is 2. The van der Waals surface area contributed by atoms with Crippen LogP contribution in [-0.4, -0.2) is 21.4 Å². The average Bonchev–Trinajstić information content (AvgIpc) is 3.35. The molecule has 3 aromatic carbocycles. The van der Waals surface area contributed by atoms with E-state index in [-0.39, 0.29) is 17.9 Å². The van der Waals surface area contributed by atoms with E-state index >= 15 is 0 Å². The Kier molecular flexibility index (Phi) is 4.32. The summed E-state index contributed by atoms with van der Waals surface area (Å²) in [5, 5.41) is 5.86. The molecular formula is C24H20N4O2. The molecular weight excluding hydrogens is 376 g/mol. The molecule has 1 unspecified atom stereocenters. The summed E-state index contributed by atoms with van der Waals surface area (Å²) in [5.74, 6) is -0.135. The summed E-state index contributed by atoms with van der Waals surface area (Å²) in [6.45, 7) is 1.94. The highest BCUT2D eigenvalue weighted by atomic mass is 16.2. The number of anilines is 1. The van der Waals surface area contributed by atoms with Crippen LogP contribution < -0.4 is 10.6 Å². The number of nitrogens with one attached hydrogen (secondary N) is 2. The Bertz CT molecular complexity index is 1270. The zero-order valence-corrected chi connectivity index (χ0v) is 16.4. The lowest BCUT2D eigenvalue weighted by Gasteiger charge is -2.16. The second-order valence-electron chi connectivity index (χ2n) is 7.49. The molecule has 0 radical (unpaired) electrons. The Morgan fingerprint density at radius 1 is 1.10 bits per heavy atom. The minimum absolute atomic E-state index is 0.00426. The van der Waals surface area contributed by atoms with Gasteiger partial charge in [0.2, 0.25) is 5.91 Å². The third-order valence-electron chi connectivity index (χ3n) is 5.46. The van der Waals surface area contributed by atoms with Crippen LogP contribution in [0, 0.1) is 0 Å². The number of rotatable bonds is 4. The number of benzene rings is 3. The van der Waals surface area contributed by atoms with E-state index in [1.54, 1.807) is 6.33 Å². The van der Waals surface area contributed by atoms with Crippen molar-refractivity contribution in [1.82, 2.24) is 14.9 Å². The van der Waals surface area contributed by atoms with Gasteiger partial charge in [0.1, 0.15) is 6.33 Å². The van der Waals surface area contributed by atoms with Gasteiger partial charge >= 0.3 is 0 Å². The number of aromatic nitrogens is 2. The molecule has 1 atom stereocenters. The molecule has 2 N–H and O–H groups in total. The van der Waals surface area contributed by atoms with Crippen molar-refractivity contribution < 1.29 is 9.59 Å². The SMILES string of the molecule is CC(NC(=O)c1ccc(-n2cnc3ccccc32)cc1)c1ccc2c(c1)CC(=O)N2. The fraction of sp³-hybridized carbons (Fsp3) is 0.125. The van der Waals surface area contributed by atoms with Crippen LogP contribution in [0.4, 0.5) is 5.69 Å². The van der Waals surface area contributed by atoms with E-state index in [1.165, 1.54) is 0 Å². The smallest absolute Gasteiger partial charge is 0.251 e. The molecule has 0 fully saturated rings. The van der Waals surface area contributed by atoms with E-state index < -0.39 is 0 Å². The monoisotopic (exact) mass is 396 g/mol. The summed E-state index contributed by atoms with van der Waals surface area (Å²) in [6.07, 6.45) is 2.17. The van der Waals surface area contributed by atoms with Crippen molar-refractivity contribution in [2.45, 2.75) is 19.4 Å². The summed E-state index contributed by atoms with van der Waals surface area (Å²) in [7, 11) is 0. The summed E-state index contributed by atoms with van der Waals surface area (Å²) in [6, 6.07) is 21.0. The number of hydrogen-bond donors (Lipinski definition) is 2. The number of carbonyl (C=O) groups is 2. The zero-order chi connectivity index (χ0) is 20.7. The van der Waals surface area contributed by atoms with Gasteiger partial charge in [0.25, 0.3) is 5.91 Å². The maximum absolute atomic E-state index is 12.7. The molecule has 0 saturated carbocycles. The molecule has 2 amide bonds. The highest BCUT2D eigenvalue weighted by molar-refractivity contribution is 5.99. The number of hydrogen-bond acceptors (Lipinski definition) is 3. The minimum atomic E-state index is -0.171. The van der Waals surface area contributed by atoms with E-state index in [4.69, 9.17) is 0 Å². The van der Waals surface area contributed by atoms with Gasteiger partial charge in [-0.05, 0) is 60.5 Å². The second-order valence-corrected chi connectivity index (χ2v) is 7.49. The van der Waals surface area contributed by atoms with E-state index in [9.17, 15) is 9.59 Å². The maximum atomic E-state index is 12.7. The fourth-order valence-electron chi connectivity index (χ4n) is 3.82. The molecule has 1 aliphatic rings. The van der Waals surface area contributed by atoms with Crippen molar-refractivity contribution in [3.63, 3.8) is 0 Å². The highest BCUT2D eigenvalue weighted by Crippen LogP contribution is 2.26. The Hall–Kier alpha value is -3.93. The second kappa shape index (κ2) is 7.15. The normalized spacial score (nSPS) is 13.7. The van der Waals surface area contributed by atoms with Gasteiger partial charge in [-0.1, -0.05) is 24.3 Å². The first-order chi connectivity index (χ1) is 14.6. The molecule has 0 aliphatic carbocycles. The Labute approximate surface area is 173 Å². The van der Waals surface area contributed by atoms with Crippen molar-refractivity contribution >= 4 is 28.5 Å². The molecule has 5 rings (SSSR count). The van der Waals surface area contributed by atoms with Crippen LogP contribution in [0.25, 0.3) is 16.7 Å². The third kappa shape index (κ3) is 3.22. The molecule has 6 nitrogen and oxygen atoms in total. The number of para-hydroxylation sites is 2. The molecule has 1 aliphatic heterocycles. The lowest BCUT2D eigenvalue weighted by molar-refractivity contribution is -0.115. The first-order valence-electron chi connectivity index (χ1n) is 9.84. The first kappa shape index (κ1) is 18.1. The Morgan fingerprint density at radius 3 is 2.73 bits per heavy atom. The molecule has 0 bridgehead atoms. The van der Waals surface area contributed by atoms with Crippen LogP contribution in [0.5, 0.6) is 0 Å². The molecule has 2 heterocycles. The number of imidazole rings is 1. The average molecular weight is 396 g/mol. The largest absolute Gasteiger partial charge is 0.346 e. The third-order valence-corrected chi connectivity index (χ3v) is 5.46. The van der Waals surface area contributed by atoms with Crippen molar-refractivity contribution in [3.8, 4) is 5.69 Å². The van der Waals surface area contributed by atoms with E-state index in [2.05, 4.69) is 15.6 Å². The van der Waals surface area contributed by atoms with Gasteiger partial charge in [-0.2, -0.15) is 0 Å². The fourth-order valence-corrected chi connectivity index (χ4v) is 3.82. The molecule has 30 heavy (non-hydrogen) atoms. The van der Waals surface area contributed by atoms with E-state index in [0.717, 1.165) is 33.5 Å². The molecule has 6 heteroatoms. The lowest BCUT2D eigenvalue weighted by atomic mass is 10.0.